The van der Waals surface area contributed by atoms with E-state index in [-0.39, 0.29) is 10.7 Å². The van der Waals surface area contributed by atoms with E-state index in [0.29, 0.717) is 28.1 Å². The lowest BCUT2D eigenvalue weighted by Gasteiger charge is -2.08. The van der Waals surface area contributed by atoms with Gasteiger partial charge >= 0.3 is 0 Å². The third-order valence-electron chi connectivity index (χ3n) is 3.17. The monoisotopic (exact) mass is 374 g/mol. The minimum Gasteiger partial charge on any atom is -0.267 e. The molecule has 11 nitrogen and oxygen atoms in total. The van der Waals surface area contributed by atoms with Crippen LogP contribution in [0.15, 0.2) is 35.5 Å². The highest BCUT2D eigenvalue weighted by Crippen LogP contribution is 2.18. The second kappa shape index (κ2) is 6.45. The maximum atomic E-state index is 12.3. The predicted molar refractivity (Wildman–Crippen MR) is 90.0 cm³/mol. The Morgan fingerprint density at radius 2 is 2.16 bits per heavy atom. The molecule has 25 heavy (non-hydrogen) atoms. The van der Waals surface area contributed by atoms with E-state index < -0.39 is 0 Å². The molecule has 0 spiro atoms. The summed E-state index contributed by atoms with van der Waals surface area (Å²) < 4.78 is 3.08. The van der Waals surface area contributed by atoms with E-state index in [9.17, 15) is 4.79 Å². The first-order chi connectivity index (χ1) is 12.2. The number of benzene rings is 1. The second-order valence-corrected chi connectivity index (χ2v) is 6.11. The van der Waals surface area contributed by atoms with E-state index in [1.807, 2.05) is 6.07 Å². The number of hydrogen-bond donors (Lipinski definition) is 3. The fourth-order valence-corrected chi connectivity index (χ4v) is 2.95. The Balaban J connectivity index is 1.50. The maximum Gasteiger partial charge on any atom is 0.291 e. The molecule has 0 radical (unpaired) electrons. The van der Waals surface area contributed by atoms with Gasteiger partial charge in [0.1, 0.15) is 0 Å². The van der Waals surface area contributed by atoms with Gasteiger partial charge in [-0.25, -0.2) is 4.68 Å². The minimum absolute atomic E-state index is 0.284. The van der Waals surface area contributed by atoms with Crippen LogP contribution in [0.25, 0.3) is 5.78 Å². The summed E-state index contributed by atoms with van der Waals surface area (Å²) in [4.78, 5) is 16.5. The Morgan fingerprint density at radius 1 is 1.32 bits per heavy atom. The van der Waals surface area contributed by atoms with Crippen LogP contribution in [0.5, 0.6) is 0 Å². The molecule has 0 aliphatic carbocycles. The van der Waals surface area contributed by atoms with Gasteiger partial charge in [-0.05, 0) is 29.6 Å². The fourth-order valence-electron chi connectivity index (χ4n) is 2.01. The van der Waals surface area contributed by atoms with Crippen LogP contribution < -0.4 is 5.43 Å². The zero-order valence-electron chi connectivity index (χ0n) is 12.4. The molecule has 1 amide bonds. The molecule has 0 unspecified atom stereocenters. The number of tetrazole rings is 1. The smallest absolute Gasteiger partial charge is 0.267 e. The summed E-state index contributed by atoms with van der Waals surface area (Å²) in [5.41, 5.74) is 3.25. The van der Waals surface area contributed by atoms with Crippen molar-refractivity contribution >= 4 is 35.7 Å². The normalized spacial score (nSPS) is 11.0. The Bertz CT molecular complexity index is 1050. The number of H-pyrrole nitrogens is 2. The Hall–Kier alpha value is -3.06. The highest BCUT2D eigenvalue weighted by molar-refractivity contribution is 7.98. The number of carbonyl (C=O) groups excluding carboxylic acids is 1. The molecule has 3 heterocycles. The van der Waals surface area contributed by atoms with Crippen LogP contribution in [0.1, 0.15) is 16.2 Å². The summed E-state index contributed by atoms with van der Waals surface area (Å²) in [5, 5.41) is 21.3. The van der Waals surface area contributed by atoms with Gasteiger partial charge in [-0.15, -0.1) is 9.73 Å². The minimum atomic E-state index is -0.284. The molecular weight excluding hydrogens is 364 g/mol. The lowest BCUT2D eigenvalue weighted by molar-refractivity contribution is 0.101. The molecule has 3 N–H and O–H groups in total. The van der Waals surface area contributed by atoms with Gasteiger partial charge in [0.15, 0.2) is 5.82 Å². The van der Waals surface area contributed by atoms with E-state index in [1.165, 1.54) is 21.1 Å². The van der Waals surface area contributed by atoms with Crippen LogP contribution in [-0.4, -0.2) is 51.0 Å². The number of fused-ring (bicyclic) bond motifs is 1. The maximum absolute atomic E-state index is 12.3. The van der Waals surface area contributed by atoms with Crippen molar-refractivity contribution in [3.63, 3.8) is 0 Å². The second-order valence-electron chi connectivity index (χ2n) is 4.78. The number of rotatable bonds is 5. The topological polar surface area (TPSA) is 134 Å². The lowest BCUT2D eigenvalue weighted by atomic mass is 10.2. The van der Waals surface area contributed by atoms with E-state index >= 15 is 0 Å². The molecule has 13 heteroatoms. The average molecular weight is 374 g/mol. The van der Waals surface area contributed by atoms with Crippen molar-refractivity contribution in [3.8, 4) is 0 Å². The number of carbonyl (C=O) groups is 1. The van der Waals surface area contributed by atoms with Gasteiger partial charge in [-0.3, -0.25) is 15.3 Å². The number of thioether (sulfide) groups is 1. The van der Waals surface area contributed by atoms with Crippen LogP contribution in [0.2, 0.25) is 0 Å². The van der Waals surface area contributed by atoms with Crippen molar-refractivity contribution in [2.75, 3.05) is 5.43 Å². The quantitative estimate of drug-likeness (QED) is 0.344. The van der Waals surface area contributed by atoms with E-state index in [0.717, 1.165) is 0 Å². The summed E-state index contributed by atoms with van der Waals surface area (Å²) in [5.74, 6) is 1.01. The average Bonchev–Trinajstić information content (AvgIpc) is 3.30. The van der Waals surface area contributed by atoms with Crippen molar-refractivity contribution in [2.24, 2.45) is 0 Å². The Labute approximate surface area is 148 Å². The van der Waals surface area contributed by atoms with Gasteiger partial charge in [0.05, 0.1) is 5.75 Å². The molecule has 126 valence electrons. The van der Waals surface area contributed by atoms with Gasteiger partial charge in [-0.2, -0.15) is 15.3 Å². The molecular formula is C12H10N10OS2. The van der Waals surface area contributed by atoms with E-state index in [1.54, 1.807) is 24.3 Å². The van der Waals surface area contributed by atoms with Gasteiger partial charge in [0, 0.05) is 5.56 Å². The van der Waals surface area contributed by atoms with Crippen molar-refractivity contribution in [2.45, 2.75) is 10.9 Å². The zero-order valence-corrected chi connectivity index (χ0v) is 14.1. The first-order valence-electron chi connectivity index (χ1n) is 7.00. The SMILES string of the molecule is O=C(Nn1c(CSc2nc3nn[nH]n3n2)n[nH]c1=S)c1ccccc1. The third kappa shape index (κ3) is 3.14. The molecule has 0 saturated carbocycles. The Kier molecular flexibility index (Phi) is 3.99. The first-order valence-corrected chi connectivity index (χ1v) is 8.39. The highest BCUT2D eigenvalue weighted by Gasteiger charge is 2.13. The van der Waals surface area contributed by atoms with Crippen molar-refractivity contribution < 1.29 is 4.79 Å². The van der Waals surface area contributed by atoms with Gasteiger partial charge in [0.2, 0.25) is 9.93 Å². The summed E-state index contributed by atoms with van der Waals surface area (Å²) >= 11 is 6.50. The van der Waals surface area contributed by atoms with Crippen molar-refractivity contribution in [3.05, 3.63) is 46.5 Å². The zero-order chi connectivity index (χ0) is 17.2. The molecule has 0 aliphatic rings. The highest BCUT2D eigenvalue weighted by atomic mass is 32.2. The molecule has 3 aromatic heterocycles. The van der Waals surface area contributed by atoms with Crippen LogP contribution >= 0.6 is 24.0 Å². The van der Waals surface area contributed by atoms with Gasteiger partial charge < -0.3 is 0 Å². The number of nitrogens with one attached hydrogen (secondary N) is 3. The van der Waals surface area contributed by atoms with Crippen molar-refractivity contribution in [1.29, 1.82) is 0 Å². The Morgan fingerprint density at radius 3 is 2.96 bits per heavy atom. The lowest BCUT2D eigenvalue weighted by Crippen LogP contribution is -2.24. The molecule has 0 aliphatic heterocycles. The van der Waals surface area contributed by atoms with Crippen LogP contribution in [0, 0.1) is 4.77 Å². The summed E-state index contributed by atoms with van der Waals surface area (Å²) in [7, 11) is 0. The largest absolute Gasteiger partial charge is 0.291 e. The fraction of sp³-hybridized carbons (Fsp3) is 0.0833. The molecule has 4 aromatic rings. The van der Waals surface area contributed by atoms with Crippen LogP contribution in [-0.2, 0) is 5.75 Å². The van der Waals surface area contributed by atoms with Gasteiger partial charge in [0.25, 0.3) is 11.7 Å². The van der Waals surface area contributed by atoms with E-state index in [2.05, 4.69) is 41.2 Å². The van der Waals surface area contributed by atoms with Crippen molar-refractivity contribution in [1.82, 2.24) is 45.1 Å². The standard InChI is InChI=1S/C12H10N10OS2/c23-9(7-4-2-1-3-5-7)17-21-8(14-16-12(21)24)6-25-11-13-10-15-19-20-22(10)18-11/h1-5H,6H2,(H,16,24)(H,17,23)(H,13,15,18,20). The number of hydrogen-bond acceptors (Lipinski definition) is 8. The molecule has 0 bridgehead atoms. The number of aromatic amines is 2. The predicted octanol–water partition coefficient (Wildman–Crippen LogP) is 0.778. The number of nitrogens with zero attached hydrogens (tertiary/aromatic N) is 7. The third-order valence-corrected chi connectivity index (χ3v) is 4.28. The molecule has 0 atom stereocenters. The molecule has 1 aromatic carbocycles. The molecule has 0 saturated heterocycles. The summed E-state index contributed by atoms with van der Waals surface area (Å²) in [6.07, 6.45) is 0. The number of aromatic nitrogens is 9. The van der Waals surface area contributed by atoms with Crippen LogP contribution in [0.3, 0.4) is 0 Å². The van der Waals surface area contributed by atoms with E-state index in [4.69, 9.17) is 12.2 Å². The first kappa shape index (κ1) is 15.5. The summed E-state index contributed by atoms with van der Waals surface area (Å²) in [6.45, 7) is 0. The summed E-state index contributed by atoms with van der Waals surface area (Å²) in [6, 6.07) is 8.84. The molecule has 4 rings (SSSR count). The number of amides is 1. The van der Waals surface area contributed by atoms with Crippen LogP contribution in [0.4, 0.5) is 0 Å². The van der Waals surface area contributed by atoms with Gasteiger partial charge in [-0.1, -0.05) is 35.1 Å². The molecule has 0 fully saturated rings.